The van der Waals surface area contributed by atoms with Crippen molar-refractivity contribution in [2.75, 3.05) is 0 Å². The van der Waals surface area contributed by atoms with Crippen molar-refractivity contribution in [3.63, 3.8) is 0 Å². The van der Waals surface area contributed by atoms with Gasteiger partial charge in [0.2, 0.25) is 0 Å². The number of hydrogen-bond donors (Lipinski definition) is 1. The first-order valence-corrected chi connectivity index (χ1v) is 6.84. The summed E-state index contributed by atoms with van der Waals surface area (Å²) in [5.41, 5.74) is 0.909. The molecule has 0 saturated carbocycles. The van der Waals surface area contributed by atoms with E-state index >= 15 is 0 Å². The lowest BCUT2D eigenvalue weighted by Gasteiger charge is -2.18. The predicted molar refractivity (Wildman–Crippen MR) is 79.8 cm³/mol. The molecule has 0 spiro atoms. The Morgan fingerprint density at radius 2 is 1.85 bits per heavy atom. The van der Waals surface area contributed by atoms with Crippen molar-refractivity contribution < 1.29 is 14.6 Å². The third kappa shape index (κ3) is 4.97. The van der Waals surface area contributed by atoms with Crippen LogP contribution in [-0.2, 0) is 4.79 Å². The SMILES string of the molecule is CC#C[C@H](CC(=O)O)c1ccc(O[C@@H](C)C(C)C)cc1. The average molecular weight is 274 g/mol. The maximum absolute atomic E-state index is 10.9. The fraction of sp³-hybridized carbons (Fsp3) is 0.471. The van der Waals surface area contributed by atoms with Gasteiger partial charge in [-0.15, -0.1) is 5.92 Å². The van der Waals surface area contributed by atoms with Crippen LogP contribution in [0.5, 0.6) is 5.75 Å². The quantitative estimate of drug-likeness (QED) is 0.805. The summed E-state index contributed by atoms with van der Waals surface area (Å²) in [5.74, 6) is 5.86. The van der Waals surface area contributed by atoms with Gasteiger partial charge >= 0.3 is 5.97 Å². The monoisotopic (exact) mass is 274 g/mol. The maximum atomic E-state index is 10.9. The third-order valence-electron chi connectivity index (χ3n) is 3.24. The van der Waals surface area contributed by atoms with Gasteiger partial charge in [-0.1, -0.05) is 31.9 Å². The van der Waals surface area contributed by atoms with E-state index in [4.69, 9.17) is 9.84 Å². The first kappa shape index (κ1) is 16.1. The van der Waals surface area contributed by atoms with Crippen LogP contribution in [0.3, 0.4) is 0 Å². The Bertz CT molecular complexity index is 491. The lowest BCUT2D eigenvalue weighted by Crippen LogP contribution is -2.18. The molecular weight excluding hydrogens is 252 g/mol. The fourth-order valence-corrected chi connectivity index (χ4v) is 1.73. The molecule has 0 aromatic heterocycles. The summed E-state index contributed by atoms with van der Waals surface area (Å²) in [6, 6.07) is 7.53. The first-order valence-electron chi connectivity index (χ1n) is 6.84. The van der Waals surface area contributed by atoms with Gasteiger partial charge in [-0.2, -0.15) is 0 Å². The summed E-state index contributed by atoms with van der Waals surface area (Å²) in [6.07, 6.45) is 0.162. The van der Waals surface area contributed by atoms with Crippen LogP contribution in [0.4, 0.5) is 0 Å². The summed E-state index contributed by atoms with van der Waals surface area (Å²) < 4.78 is 5.80. The fourth-order valence-electron chi connectivity index (χ4n) is 1.73. The molecule has 0 amide bonds. The molecule has 3 heteroatoms. The van der Waals surface area contributed by atoms with E-state index in [1.807, 2.05) is 31.2 Å². The Balaban J connectivity index is 2.82. The third-order valence-corrected chi connectivity index (χ3v) is 3.24. The van der Waals surface area contributed by atoms with Crippen LogP contribution in [0.1, 0.15) is 45.6 Å². The molecule has 0 bridgehead atoms. The van der Waals surface area contributed by atoms with Crippen molar-refractivity contribution in [2.24, 2.45) is 5.92 Å². The molecule has 1 aromatic rings. The van der Waals surface area contributed by atoms with Gasteiger partial charge in [0.15, 0.2) is 0 Å². The number of carboxylic acids is 1. The Labute approximate surface area is 121 Å². The smallest absolute Gasteiger partial charge is 0.304 e. The Hall–Kier alpha value is -1.95. The van der Waals surface area contributed by atoms with Crippen molar-refractivity contribution in [1.29, 1.82) is 0 Å². The second-order valence-electron chi connectivity index (χ2n) is 5.18. The topological polar surface area (TPSA) is 46.5 Å². The number of aliphatic carboxylic acids is 1. The van der Waals surface area contributed by atoms with Crippen LogP contribution in [0.25, 0.3) is 0 Å². The molecule has 0 aliphatic rings. The van der Waals surface area contributed by atoms with Gasteiger partial charge in [-0.05, 0) is 37.5 Å². The van der Waals surface area contributed by atoms with Crippen molar-refractivity contribution in [2.45, 2.75) is 46.1 Å². The molecule has 1 aromatic carbocycles. The predicted octanol–water partition coefficient (Wildman–Crippen LogP) is 3.69. The lowest BCUT2D eigenvalue weighted by molar-refractivity contribution is -0.137. The van der Waals surface area contributed by atoms with Gasteiger partial charge < -0.3 is 9.84 Å². The van der Waals surface area contributed by atoms with Gasteiger partial charge in [0, 0.05) is 0 Å². The zero-order valence-corrected chi connectivity index (χ0v) is 12.5. The Kier molecular flexibility index (Phi) is 6.11. The van der Waals surface area contributed by atoms with Crippen molar-refractivity contribution in [3.8, 4) is 17.6 Å². The molecule has 0 radical (unpaired) electrons. The molecule has 0 heterocycles. The van der Waals surface area contributed by atoms with Crippen LogP contribution < -0.4 is 4.74 Å². The van der Waals surface area contributed by atoms with E-state index in [1.54, 1.807) is 6.92 Å². The van der Waals surface area contributed by atoms with E-state index in [2.05, 4.69) is 25.7 Å². The zero-order valence-electron chi connectivity index (χ0n) is 12.5. The van der Waals surface area contributed by atoms with Crippen LogP contribution in [-0.4, -0.2) is 17.2 Å². The molecule has 0 saturated heterocycles. The Morgan fingerprint density at radius 1 is 1.25 bits per heavy atom. The second-order valence-corrected chi connectivity index (χ2v) is 5.18. The van der Waals surface area contributed by atoms with E-state index in [-0.39, 0.29) is 18.4 Å². The minimum Gasteiger partial charge on any atom is -0.490 e. The molecular formula is C17H22O3. The number of benzene rings is 1. The highest BCUT2D eigenvalue weighted by Gasteiger charge is 2.14. The van der Waals surface area contributed by atoms with Crippen LogP contribution >= 0.6 is 0 Å². The number of rotatable bonds is 6. The highest BCUT2D eigenvalue weighted by Crippen LogP contribution is 2.23. The number of carbonyl (C=O) groups is 1. The summed E-state index contributed by atoms with van der Waals surface area (Å²) in [7, 11) is 0. The van der Waals surface area contributed by atoms with Crippen LogP contribution in [0.2, 0.25) is 0 Å². The largest absolute Gasteiger partial charge is 0.490 e. The van der Waals surface area contributed by atoms with Gasteiger partial charge in [0.05, 0.1) is 18.4 Å². The average Bonchev–Trinajstić information content (AvgIpc) is 2.38. The molecule has 108 valence electrons. The molecule has 0 aliphatic heterocycles. The summed E-state index contributed by atoms with van der Waals surface area (Å²) in [5, 5.41) is 8.91. The molecule has 3 nitrogen and oxygen atoms in total. The van der Waals surface area contributed by atoms with E-state index < -0.39 is 5.97 Å². The van der Waals surface area contributed by atoms with Crippen LogP contribution in [0.15, 0.2) is 24.3 Å². The number of hydrogen-bond acceptors (Lipinski definition) is 2. The van der Waals surface area contributed by atoms with Crippen molar-refractivity contribution in [1.82, 2.24) is 0 Å². The summed E-state index contributed by atoms with van der Waals surface area (Å²) in [4.78, 5) is 10.9. The lowest BCUT2D eigenvalue weighted by atomic mass is 9.96. The maximum Gasteiger partial charge on any atom is 0.304 e. The Morgan fingerprint density at radius 3 is 2.30 bits per heavy atom. The molecule has 1 rings (SSSR count). The van der Waals surface area contributed by atoms with Crippen molar-refractivity contribution >= 4 is 5.97 Å². The van der Waals surface area contributed by atoms with E-state index in [0.29, 0.717) is 5.92 Å². The van der Waals surface area contributed by atoms with E-state index in [0.717, 1.165) is 11.3 Å². The first-order chi connectivity index (χ1) is 9.43. The number of ether oxygens (including phenoxy) is 1. The minimum absolute atomic E-state index is 0.0173. The highest BCUT2D eigenvalue weighted by molar-refractivity contribution is 5.69. The van der Waals surface area contributed by atoms with Crippen LogP contribution in [0, 0.1) is 17.8 Å². The van der Waals surface area contributed by atoms with Gasteiger partial charge in [-0.3, -0.25) is 4.79 Å². The van der Waals surface area contributed by atoms with Gasteiger partial charge in [0.25, 0.3) is 0 Å². The van der Waals surface area contributed by atoms with E-state index in [1.165, 1.54) is 0 Å². The molecule has 0 fully saturated rings. The van der Waals surface area contributed by atoms with E-state index in [9.17, 15) is 4.79 Å². The standard InChI is InChI=1S/C17H22O3/c1-5-6-15(11-17(18)19)14-7-9-16(10-8-14)20-13(4)12(2)3/h7-10,12-13,15H,11H2,1-4H3,(H,18,19)/t13-,15+/m0/s1. The highest BCUT2D eigenvalue weighted by atomic mass is 16.5. The molecule has 2 atom stereocenters. The van der Waals surface area contributed by atoms with Gasteiger partial charge in [0.1, 0.15) is 5.75 Å². The summed E-state index contributed by atoms with van der Waals surface area (Å²) in [6.45, 7) is 7.97. The molecule has 0 unspecified atom stereocenters. The molecule has 1 N–H and O–H groups in total. The molecule has 0 aliphatic carbocycles. The summed E-state index contributed by atoms with van der Waals surface area (Å²) >= 11 is 0. The second kappa shape index (κ2) is 7.59. The normalized spacial score (nSPS) is 13.2. The van der Waals surface area contributed by atoms with Gasteiger partial charge in [-0.25, -0.2) is 0 Å². The number of carboxylic acid groups (broad SMARTS) is 1. The molecule has 20 heavy (non-hydrogen) atoms. The minimum atomic E-state index is -0.841. The van der Waals surface area contributed by atoms with Crippen molar-refractivity contribution in [3.05, 3.63) is 29.8 Å². The zero-order chi connectivity index (χ0) is 15.1.